The quantitative estimate of drug-likeness (QED) is 0.722. The molecule has 0 spiro atoms. The summed E-state index contributed by atoms with van der Waals surface area (Å²) in [6.07, 6.45) is 7.19. The molecule has 134 valence electrons. The summed E-state index contributed by atoms with van der Waals surface area (Å²) in [4.78, 5) is 22.4. The number of nitrogens with one attached hydrogen (secondary N) is 2. The van der Waals surface area contributed by atoms with Gasteiger partial charge >= 0.3 is 0 Å². The predicted octanol–water partition coefficient (Wildman–Crippen LogP) is 2.37. The van der Waals surface area contributed by atoms with Crippen LogP contribution in [0, 0.1) is 0 Å². The number of piperidine rings is 1. The Labute approximate surface area is 154 Å². The lowest BCUT2D eigenvalue weighted by Gasteiger charge is -2.33. The molecule has 0 aromatic carbocycles. The second kappa shape index (κ2) is 6.26. The zero-order valence-corrected chi connectivity index (χ0v) is 15.7. The average Bonchev–Trinajstić information content (AvgIpc) is 3.31. The van der Waals surface area contributed by atoms with E-state index in [4.69, 9.17) is 10.5 Å². The fourth-order valence-electron chi connectivity index (χ4n) is 3.55. The highest BCUT2D eigenvalue weighted by molar-refractivity contribution is 9.10. The Morgan fingerprint density at radius 2 is 2.36 bits per heavy atom. The summed E-state index contributed by atoms with van der Waals surface area (Å²) >= 11 is 3.63. The fraction of sp³-hybridized carbons (Fsp3) is 0.529. The standard InChI is InChI=1S/C17H22BrN5O2/c1-25-17(4-5-17)16(24)22-12-8-21-15-13(12)14(11(18)7-20-15)23-6-2-3-10(19)9-23/h7-8,10H,2-6,9,19H2,1H3,(H,20,21)(H,22,24)/t10-/m1/s1. The van der Waals surface area contributed by atoms with Crippen LogP contribution in [0.15, 0.2) is 16.9 Å². The Hall–Kier alpha value is -1.64. The molecule has 0 radical (unpaired) electrons. The average molecular weight is 408 g/mol. The van der Waals surface area contributed by atoms with Crippen molar-refractivity contribution in [3.05, 3.63) is 16.9 Å². The third-order valence-electron chi connectivity index (χ3n) is 5.16. The van der Waals surface area contributed by atoms with Gasteiger partial charge in [0, 0.05) is 38.6 Å². The molecule has 1 aliphatic heterocycles. The van der Waals surface area contributed by atoms with Gasteiger partial charge in [-0.15, -0.1) is 0 Å². The van der Waals surface area contributed by atoms with Crippen molar-refractivity contribution < 1.29 is 9.53 Å². The lowest BCUT2D eigenvalue weighted by molar-refractivity contribution is -0.128. The van der Waals surface area contributed by atoms with Crippen molar-refractivity contribution in [3.63, 3.8) is 0 Å². The Morgan fingerprint density at radius 3 is 3.04 bits per heavy atom. The molecule has 4 rings (SSSR count). The predicted molar refractivity (Wildman–Crippen MR) is 101 cm³/mol. The summed E-state index contributed by atoms with van der Waals surface area (Å²) < 4.78 is 6.28. The van der Waals surface area contributed by atoms with E-state index >= 15 is 0 Å². The van der Waals surface area contributed by atoms with Gasteiger partial charge in [0.05, 0.1) is 21.2 Å². The van der Waals surface area contributed by atoms with Crippen molar-refractivity contribution in [2.75, 3.05) is 30.4 Å². The maximum Gasteiger partial charge on any atom is 0.256 e. The second-order valence-electron chi connectivity index (χ2n) is 6.88. The number of anilines is 2. The van der Waals surface area contributed by atoms with Crippen molar-refractivity contribution in [2.45, 2.75) is 37.3 Å². The number of rotatable bonds is 4. The number of carbonyl (C=O) groups is 1. The minimum Gasteiger partial charge on any atom is -0.368 e. The zero-order valence-electron chi connectivity index (χ0n) is 14.1. The summed E-state index contributed by atoms with van der Waals surface area (Å²) in [7, 11) is 1.58. The summed E-state index contributed by atoms with van der Waals surface area (Å²) in [5.74, 6) is -0.0998. The molecule has 1 atom stereocenters. The Morgan fingerprint density at radius 1 is 1.56 bits per heavy atom. The monoisotopic (exact) mass is 407 g/mol. The fourth-order valence-corrected chi connectivity index (χ4v) is 4.10. The zero-order chi connectivity index (χ0) is 17.6. The topological polar surface area (TPSA) is 96.3 Å². The van der Waals surface area contributed by atoms with Crippen LogP contribution in [0.1, 0.15) is 25.7 Å². The molecule has 2 fully saturated rings. The van der Waals surface area contributed by atoms with Crippen LogP contribution in [0.4, 0.5) is 11.4 Å². The van der Waals surface area contributed by atoms with Crippen LogP contribution in [0.5, 0.6) is 0 Å². The first-order chi connectivity index (χ1) is 12.0. The number of methoxy groups -OCH3 is 1. The summed E-state index contributed by atoms with van der Waals surface area (Å²) in [5, 5.41) is 3.93. The van der Waals surface area contributed by atoms with Gasteiger partial charge in [-0.05, 0) is 41.6 Å². The maximum atomic E-state index is 12.6. The van der Waals surface area contributed by atoms with Gasteiger partial charge < -0.3 is 25.7 Å². The molecule has 1 aliphatic carbocycles. The molecule has 1 saturated carbocycles. The number of nitrogens with two attached hydrogens (primary N) is 1. The van der Waals surface area contributed by atoms with Gasteiger partial charge in [0.2, 0.25) is 0 Å². The molecule has 7 nitrogen and oxygen atoms in total. The van der Waals surface area contributed by atoms with E-state index in [2.05, 4.69) is 36.1 Å². The van der Waals surface area contributed by atoms with E-state index in [-0.39, 0.29) is 11.9 Å². The molecule has 4 N–H and O–H groups in total. The number of nitrogens with zero attached hydrogens (tertiary/aromatic N) is 2. The van der Waals surface area contributed by atoms with E-state index in [1.807, 2.05) is 0 Å². The smallest absolute Gasteiger partial charge is 0.256 e. The Bertz CT molecular complexity index is 817. The van der Waals surface area contributed by atoms with Crippen LogP contribution in [-0.4, -0.2) is 47.7 Å². The minimum atomic E-state index is -0.670. The SMILES string of the molecule is COC1(C(=O)Nc2c[nH]c3ncc(Br)c(N4CCC[C@@H](N)C4)c23)CC1. The molecule has 2 aromatic heterocycles. The number of aromatic nitrogens is 2. The minimum absolute atomic E-state index is 0.0998. The van der Waals surface area contributed by atoms with Crippen LogP contribution in [-0.2, 0) is 9.53 Å². The van der Waals surface area contributed by atoms with Crippen molar-refractivity contribution in [1.29, 1.82) is 0 Å². The van der Waals surface area contributed by atoms with Gasteiger partial charge in [-0.25, -0.2) is 4.98 Å². The van der Waals surface area contributed by atoms with Crippen LogP contribution in [0.3, 0.4) is 0 Å². The number of hydrogen-bond acceptors (Lipinski definition) is 5. The van der Waals surface area contributed by atoms with Crippen LogP contribution < -0.4 is 16.0 Å². The highest BCUT2D eigenvalue weighted by Gasteiger charge is 2.50. The third kappa shape index (κ3) is 2.92. The van der Waals surface area contributed by atoms with Crippen LogP contribution in [0.2, 0.25) is 0 Å². The lowest BCUT2D eigenvalue weighted by atomic mass is 10.1. The van der Waals surface area contributed by atoms with E-state index in [0.717, 1.165) is 65.7 Å². The Kier molecular flexibility index (Phi) is 4.21. The molecule has 25 heavy (non-hydrogen) atoms. The first-order valence-electron chi connectivity index (χ1n) is 8.57. The van der Waals surface area contributed by atoms with E-state index in [1.165, 1.54) is 0 Å². The molecule has 2 aromatic rings. The van der Waals surface area contributed by atoms with E-state index < -0.39 is 5.60 Å². The highest BCUT2D eigenvalue weighted by Crippen LogP contribution is 2.42. The molecule has 2 aliphatic rings. The molecule has 0 unspecified atom stereocenters. The number of carbonyl (C=O) groups excluding carboxylic acids is 1. The van der Waals surface area contributed by atoms with Gasteiger partial charge in [0.15, 0.2) is 0 Å². The van der Waals surface area contributed by atoms with Gasteiger partial charge in [-0.3, -0.25) is 4.79 Å². The van der Waals surface area contributed by atoms with Crippen LogP contribution in [0.25, 0.3) is 11.0 Å². The van der Waals surface area contributed by atoms with Crippen LogP contribution >= 0.6 is 15.9 Å². The number of pyridine rings is 1. The highest BCUT2D eigenvalue weighted by atomic mass is 79.9. The number of amides is 1. The lowest BCUT2D eigenvalue weighted by Crippen LogP contribution is -2.43. The van der Waals surface area contributed by atoms with E-state index in [1.54, 1.807) is 19.5 Å². The number of ether oxygens (including phenoxy) is 1. The second-order valence-corrected chi connectivity index (χ2v) is 7.74. The van der Waals surface area contributed by atoms with Crippen molar-refractivity contribution in [3.8, 4) is 0 Å². The summed E-state index contributed by atoms with van der Waals surface area (Å²) in [6.45, 7) is 1.73. The number of aromatic amines is 1. The molecule has 3 heterocycles. The van der Waals surface area contributed by atoms with E-state index in [9.17, 15) is 4.79 Å². The largest absolute Gasteiger partial charge is 0.368 e. The molecular weight excluding hydrogens is 386 g/mol. The van der Waals surface area contributed by atoms with Gasteiger partial charge in [0.1, 0.15) is 11.2 Å². The van der Waals surface area contributed by atoms with Crippen molar-refractivity contribution in [2.24, 2.45) is 5.73 Å². The molecule has 0 bridgehead atoms. The first kappa shape index (κ1) is 16.8. The van der Waals surface area contributed by atoms with Crippen molar-refractivity contribution >= 4 is 44.2 Å². The van der Waals surface area contributed by atoms with Gasteiger partial charge in [-0.1, -0.05) is 0 Å². The number of hydrogen-bond donors (Lipinski definition) is 3. The number of H-pyrrole nitrogens is 1. The van der Waals surface area contributed by atoms with Crippen molar-refractivity contribution in [1.82, 2.24) is 9.97 Å². The third-order valence-corrected chi connectivity index (χ3v) is 5.74. The van der Waals surface area contributed by atoms with Gasteiger partial charge in [0.25, 0.3) is 5.91 Å². The molecule has 8 heteroatoms. The first-order valence-corrected chi connectivity index (χ1v) is 9.36. The molecule has 1 amide bonds. The van der Waals surface area contributed by atoms with Gasteiger partial charge in [-0.2, -0.15) is 0 Å². The Balaban J connectivity index is 1.73. The normalized spacial score (nSPS) is 22.2. The molecule has 1 saturated heterocycles. The number of fused-ring (bicyclic) bond motifs is 1. The maximum absolute atomic E-state index is 12.6. The number of halogens is 1. The summed E-state index contributed by atoms with van der Waals surface area (Å²) in [5.41, 5.74) is 8.00. The molecular formula is C17H22BrN5O2. The van der Waals surface area contributed by atoms with E-state index in [0.29, 0.717) is 0 Å². The summed E-state index contributed by atoms with van der Waals surface area (Å²) in [6, 6.07) is 0.157.